The van der Waals surface area contributed by atoms with Gasteiger partial charge in [0.05, 0.1) is 6.04 Å². The summed E-state index contributed by atoms with van der Waals surface area (Å²) in [6, 6.07) is 8.16. The molecule has 90 valence electrons. The largest absolute Gasteiger partial charge is 0.359 e. The van der Waals surface area contributed by atoms with Gasteiger partial charge in [0, 0.05) is 11.6 Å². The summed E-state index contributed by atoms with van der Waals surface area (Å²) in [5.41, 5.74) is 10.3. The van der Waals surface area contributed by atoms with Crippen LogP contribution in [-0.2, 0) is 0 Å². The molecule has 1 aromatic heterocycles. The van der Waals surface area contributed by atoms with Crippen LogP contribution >= 0.6 is 0 Å². The molecule has 0 aliphatic rings. The summed E-state index contributed by atoms with van der Waals surface area (Å²) < 4.78 is 5.28. The van der Waals surface area contributed by atoms with Gasteiger partial charge in [0.25, 0.3) is 0 Å². The van der Waals surface area contributed by atoms with Gasteiger partial charge < -0.3 is 10.3 Å². The van der Waals surface area contributed by atoms with Crippen LogP contribution in [0, 0.1) is 13.8 Å². The van der Waals surface area contributed by atoms with Gasteiger partial charge in [0.15, 0.2) is 5.76 Å². The topological polar surface area (TPSA) is 52.0 Å². The molecule has 1 aromatic carbocycles. The molecule has 0 aliphatic carbocycles. The molecule has 2 rings (SSSR count). The summed E-state index contributed by atoms with van der Waals surface area (Å²) >= 11 is 0. The highest BCUT2D eigenvalue weighted by Gasteiger charge is 2.13. The van der Waals surface area contributed by atoms with Gasteiger partial charge in [-0.15, -0.1) is 0 Å². The van der Waals surface area contributed by atoms with Crippen molar-refractivity contribution in [1.82, 2.24) is 5.16 Å². The van der Waals surface area contributed by atoms with Gasteiger partial charge in [-0.1, -0.05) is 35.8 Å². The van der Waals surface area contributed by atoms with E-state index in [1.807, 2.05) is 13.0 Å². The molecule has 1 heterocycles. The van der Waals surface area contributed by atoms with Crippen molar-refractivity contribution in [3.05, 3.63) is 41.2 Å². The highest BCUT2D eigenvalue weighted by atomic mass is 16.5. The third-order valence-electron chi connectivity index (χ3n) is 2.99. The number of hydrogen-bond acceptors (Lipinski definition) is 3. The molecule has 0 saturated heterocycles. The summed E-state index contributed by atoms with van der Waals surface area (Å²) in [7, 11) is 0. The molecule has 0 spiro atoms. The van der Waals surface area contributed by atoms with Crippen LogP contribution in [0.3, 0.4) is 0 Å². The molecule has 3 nitrogen and oxygen atoms in total. The average Bonchev–Trinajstić information content (AvgIpc) is 2.77. The van der Waals surface area contributed by atoms with Crippen molar-refractivity contribution >= 4 is 0 Å². The van der Waals surface area contributed by atoms with Gasteiger partial charge in [0.1, 0.15) is 5.69 Å². The molecular weight excluding hydrogens is 212 g/mol. The molecule has 2 N–H and O–H groups in total. The van der Waals surface area contributed by atoms with E-state index in [0.29, 0.717) is 0 Å². The molecule has 0 bridgehead atoms. The van der Waals surface area contributed by atoms with Crippen molar-refractivity contribution in [3.63, 3.8) is 0 Å². The predicted octanol–water partition coefficient (Wildman–Crippen LogP) is 3.37. The maximum atomic E-state index is 5.91. The van der Waals surface area contributed by atoms with E-state index in [4.69, 9.17) is 10.3 Å². The van der Waals surface area contributed by atoms with Crippen molar-refractivity contribution in [1.29, 1.82) is 0 Å². The maximum absolute atomic E-state index is 5.91. The zero-order valence-corrected chi connectivity index (χ0v) is 10.5. The van der Waals surface area contributed by atoms with E-state index in [1.54, 1.807) is 0 Å². The van der Waals surface area contributed by atoms with E-state index in [2.05, 4.69) is 37.2 Å². The minimum absolute atomic E-state index is 0.0676. The Morgan fingerprint density at radius 1 is 1.29 bits per heavy atom. The third kappa shape index (κ3) is 2.39. The fraction of sp³-hybridized carbons (Fsp3) is 0.357. The number of hydrogen-bond donors (Lipinski definition) is 1. The molecule has 1 atom stereocenters. The first-order valence-corrected chi connectivity index (χ1v) is 5.91. The Kier molecular flexibility index (Phi) is 3.29. The minimum atomic E-state index is -0.0676. The van der Waals surface area contributed by atoms with Crippen molar-refractivity contribution in [2.75, 3.05) is 0 Å². The van der Waals surface area contributed by atoms with Crippen LogP contribution in [0.1, 0.15) is 36.3 Å². The van der Waals surface area contributed by atoms with Crippen molar-refractivity contribution in [2.24, 2.45) is 5.73 Å². The maximum Gasteiger partial charge on any atom is 0.154 e. The second-order valence-corrected chi connectivity index (χ2v) is 4.45. The van der Waals surface area contributed by atoms with Gasteiger partial charge >= 0.3 is 0 Å². The quantitative estimate of drug-likeness (QED) is 0.879. The Balaban J connectivity index is 2.37. The van der Waals surface area contributed by atoms with E-state index in [1.165, 1.54) is 11.1 Å². The number of nitrogens with zero attached hydrogens (tertiary/aromatic N) is 1. The Hall–Kier alpha value is -1.61. The first-order chi connectivity index (χ1) is 8.11. The summed E-state index contributed by atoms with van der Waals surface area (Å²) in [6.45, 7) is 6.19. The van der Waals surface area contributed by atoms with E-state index in [0.717, 1.165) is 23.4 Å². The highest BCUT2D eigenvalue weighted by molar-refractivity contribution is 5.63. The van der Waals surface area contributed by atoms with Crippen molar-refractivity contribution in [2.45, 2.75) is 33.2 Å². The van der Waals surface area contributed by atoms with Crippen LogP contribution in [0.25, 0.3) is 11.3 Å². The fourth-order valence-corrected chi connectivity index (χ4v) is 1.89. The van der Waals surface area contributed by atoms with E-state index < -0.39 is 0 Å². The lowest BCUT2D eigenvalue weighted by Crippen LogP contribution is -2.06. The second kappa shape index (κ2) is 4.72. The summed E-state index contributed by atoms with van der Waals surface area (Å²) in [5, 5.41) is 4.09. The zero-order valence-electron chi connectivity index (χ0n) is 10.5. The SMILES string of the molecule is CCC(N)c1cc(-c2ccc(C)cc2C)no1. The first-order valence-electron chi connectivity index (χ1n) is 5.91. The van der Waals surface area contributed by atoms with Crippen LogP contribution < -0.4 is 5.73 Å². The second-order valence-electron chi connectivity index (χ2n) is 4.45. The number of nitrogens with two attached hydrogens (primary N) is 1. The van der Waals surface area contributed by atoms with E-state index in [-0.39, 0.29) is 6.04 Å². The number of aryl methyl sites for hydroxylation is 2. The molecule has 3 heteroatoms. The molecule has 0 radical (unpaired) electrons. The Labute approximate surface area is 102 Å². The third-order valence-corrected chi connectivity index (χ3v) is 2.99. The molecule has 0 amide bonds. The number of benzene rings is 1. The van der Waals surface area contributed by atoms with Crippen LogP contribution in [-0.4, -0.2) is 5.16 Å². The Morgan fingerprint density at radius 2 is 2.06 bits per heavy atom. The number of aromatic nitrogens is 1. The van der Waals surface area contributed by atoms with Gasteiger partial charge in [-0.2, -0.15) is 0 Å². The molecule has 0 fully saturated rings. The number of rotatable bonds is 3. The van der Waals surface area contributed by atoms with Crippen LogP contribution in [0.4, 0.5) is 0 Å². The molecule has 2 aromatic rings. The van der Waals surface area contributed by atoms with Crippen LogP contribution in [0.2, 0.25) is 0 Å². The molecule has 0 saturated carbocycles. The Bertz CT molecular complexity index is 517. The normalized spacial score (nSPS) is 12.7. The summed E-state index contributed by atoms with van der Waals surface area (Å²) in [4.78, 5) is 0. The predicted molar refractivity (Wildman–Crippen MR) is 68.6 cm³/mol. The van der Waals surface area contributed by atoms with Crippen LogP contribution in [0.15, 0.2) is 28.8 Å². The summed E-state index contributed by atoms with van der Waals surface area (Å²) in [6.07, 6.45) is 0.849. The van der Waals surface area contributed by atoms with E-state index in [9.17, 15) is 0 Å². The van der Waals surface area contributed by atoms with Gasteiger partial charge in [-0.25, -0.2) is 0 Å². The Morgan fingerprint density at radius 3 is 2.71 bits per heavy atom. The monoisotopic (exact) mass is 230 g/mol. The molecule has 17 heavy (non-hydrogen) atoms. The average molecular weight is 230 g/mol. The lowest BCUT2D eigenvalue weighted by atomic mass is 10.0. The standard InChI is InChI=1S/C14H18N2O/c1-4-12(15)14-8-13(16-17-14)11-6-5-9(2)7-10(11)3/h5-8,12H,4,15H2,1-3H3. The fourth-order valence-electron chi connectivity index (χ4n) is 1.89. The van der Waals surface area contributed by atoms with Crippen molar-refractivity contribution in [3.8, 4) is 11.3 Å². The van der Waals surface area contributed by atoms with E-state index >= 15 is 0 Å². The van der Waals surface area contributed by atoms with Gasteiger partial charge in [-0.3, -0.25) is 0 Å². The highest BCUT2D eigenvalue weighted by Crippen LogP contribution is 2.26. The van der Waals surface area contributed by atoms with Gasteiger partial charge in [-0.05, 0) is 25.8 Å². The minimum Gasteiger partial charge on any atom is -0.359 e. The molecule has 0 aliphatic heterocycles. The summed E-state index contributed by atoms with van der Waals surface area (Å²) in [5.74, 6) is 0.752. The van der Waals surface area contributed by atoms with Crippen molar-refractivity contribution < 1.29 is 4.52 Å². The molecule has 1 unspecified atom stereocenters. The first kappa shape index (κ1) is 11.9. The van der Waals surface area contributed by atoms with Crippen LogP contribution in [0.5, 0.6) is 0 Å². The van der Waals surface area contributed by atoms with Gasteiger partial charge in [0.2, 0.25) is 0 Å². The lowest BCUT2D eigenvalue weighted by molar-refractivity contribution is 0.360. The lowest BCUT2D eigenvalue weighted by Gasteiger charge is -2.03. The zero-order chi connectivity index (χ0) is 12.4. The smallest absolute Gasteiger partial charge is 0.154 e. The molecular formula is C14H18N2O.